The van der Waals surface area contributed by atoms with Crippen molar-refractivity contribution in [3.05, 3.63) is 35.9 Å². The highest BCUT2D eigenvalue weighted by Gasteiger charge is 1.93. The van der Waals surface area contributed by atoms with Gasteiger partial charge in [0.2, 0.25) is 0 Å². The highest BCUT2D eigenvalue weighted by atomic mass is 28.1. The minimum Gasteiger partial charge on any atom is -0.0985 e. The van der Waals surface area contributed by atoms with Gasteiger partial charge in [0.25, 0.3) is 0 Å². The van der Waals surface area contributed by atoms with Crippen LogP contribution in [0.4, 0.5) is 0 Å². The normalized spacial score (nSPS) is 9.40. The van der Waals surface area contributed by atoms with Gasteiger partial charge in [0.05, 0.1) is 10.2 Å². The van der Waals surface area contributed by atoms with Crippen LogP contribution in [0.5, 0.6) is 0 Å². The molecule has 0 saturated carbocycles. The second kappa shape index (κ2) is 2.84. The van der Waals surface area contributed by atoms with E-state index in [0.29, 0.717) is 0 Å². The number of rotatable bonds is 1. The summed E-state index contributed by atoms with van der Waals surface area (Å²) in [6.45, 7) is 5.77. The second-order valence-corrected chi connectivity index (χ2v) is 2.74. The first-order valence-electron chi connectivity index (χ1n) is 3.19. The molecule has 0 amide bonds. The van der Waals surface area contributed by atoms with Crippen molar-refractivity contribution in [2.75, 3.05) is 0 Å². The molecule has 0 aromatic heterocycles. The first-order valence-corrected chi connectivity index (χ1v) is 3.69. The molecule has 1 heteroatoms. The van der Waals surface area contributed by atoms with Gasteiger partial charge >= 0.3 is 0 Å². The largest absolute Gasteiger partial charge is 0.0985 e. The maximum absolute atomic E-state index is 3.70. The quantitative estimate of drug-likeness (QED) is 0.524. The van der Waals surface area contributed by atoms with E-state index in [9.17, 15) is 0 Å². The van der Waals surface area contributed by atoms with Crippen LogP contribution in [-0.4, -0.2) is 10.2 Å². The van der Waals surface area contributed by atoms with Crippen molar-refractivity contribution < 1.29 is 0 Å². The molecule has 0 saturated heterocycles. The lowest BCUT2D eigenvalue weighted by Crippen LogP contribution is -2.10. The van der Waals surface area contributed by atoms with Gasteiger partial charge in [0.1, 0.15) is 0 Å². The third-order valence-electron chi connectivity index (χ3n) is 1.52. The van der Waals surface area contributed by atoms with E-state index in [1.54, 1.807) is 0 Å². The zero-order valence-corrected chi connectivity index (χ0v) is 7.02. The number of hydrogen-bond donors (Lipinski definition) is 0. The average Bonchev–Trinajstić information content (AvgIpc) is 1.95. The SMILES string of the molecule is C=Cc1cccc(C)c1[Si]. The van der Waals surface area contributed by atoms with Crippen molar-refractivity contribution in [1.29, 1.82) is 0 Å². The van der Waals surface area contributed by atoms with E-state index in [2.05, 4.69) is 29.8 Å². The summed E-state index contributed by atoms with van der Waals surface area (Å²) in [5.74, 6) is 0. The Kier molecular flexibility index (Phi) is 2.07. The van der Waals surface area contributed by atoms with Crippen LogP contribution in [0.25, 0.3) is 6.08 Å². The molecule has 0 atom stereocenters. The summed E-state index contributed by atoms with van der Waals surface area (Å²) in [4.78, 5) is 0. The Morgan fingerprint density at radius 2 is 2.20 bits per heavy atom. The summed E-state index contributed by atoms with van der Waals surface area (Å²) in [6, 6.07) is 6.12. The van der Waals surface area contributed by atoms with Gasteiger partial charge in [-0.25, -0.2) is 0 Å². The molecular weight excluding hydrogens is 136 g/mol. The Bertz CT molecular complexity index is 251. The molecule has 0 heterocycles. The highest BCUT2D eigenvalue weighted by molar-refractivity contribution is 6.35. The fourth-order valence-corrected chi connectivity index (χ4v) is 1.13. The lowest BCUT2D eigenvalue weighted by molar-refractivity contribution is 1.51. The average molecular weight is 145 g/mol. The van der Waals surface area contributed by atoms with Crippen LogP contribution in [0.15, 0.2) is 24.8 Å². The molecule has 1 aromatic rings. The van der Waals surface area contributed by atoms with Crippen LogP contribution in [0, 0.1) is 6.92 Å². The van der Waals surface area contributed by atoms with Crippen LogP contribution < -0.4 is 5.19 Å². The van der Waals surface area contributed by atoms with Crippen LogP contribution in [-0.2, 0) is 0 Å². The molecule has 10 heavy (non-hydrogen) atoms. The fraction of sp³-hybridized carbons (Fsp3) is 0.111. The van der Waals surface area contributed by atoms with Crippen LogP contribution in [0.2, 0.25) is 0 Å². The standard InChI is InChI=1S/C9H9Si/c1-3-8-6-4-5-7(2)9(8)10/h3-6H,1H2,2H3. The van der Waals surface area contributed by atoms with Crippen molar-refractivity contribution in [3.63, 3.8) is 0 Å². The minimum absolute atomic E-state index is 1.14. The summed E-state index contributed by atoms with van der Waals surface area (Å²) < 4.78 is 0. The molecule has 0 aliphatic rings. The Balaban J connectivity index is 3.27. The maximum atomic E-state index is 3.70. The Morgan fingerprint density at radius 3 is 2.70 bits per heavy atom. The van der Waals surface area contributed by atoms with Gasteiger partial charge in [-0.1, -0.05) is 41.6 Å². The van der Waals surface area contributed by atoms with E-state index in [1.165, 1.54) is 5.56 Å². The molecule has 49 valence electrons. The van der Waals surface area contributed by atoms with E-state index in [0.717, 1.165) is 10.8 Å². The zero-order chi connectivity index (χ0) is 7.56. The number of aryl methyl sites for hydroxylation is 1. The van der Waals surface area contributed by atoms with Crippen molar-refractivity contribution in [3.8, 4) is 0 Å². The third-order valence-corrected chi connectivity index (χ3v) is 2.21. The van der Waals surface area contributed by atoms with E-state index in [4.69, 9.17) is 0 Å². The molecule has 1 rings (SSSR count). The van der Waals surface area contributed by atoms with Gasteiger partial charge in [0.15, 0.2) is 0 Å². The Hall–Kier alpha value is -0.823. The summed E-state index contributed by atoms with van der Waals surface area (Å²) in [5.41, 5.74) is 2.39. The molecule has 0 aliphatic heterocycles. The number of hydrogen-bond acceptors (Lipinski definition) is 0. The number of benzene rings is 1. The van der Waals surface area contributed by atoms with Crippen molar-refractivity contribution in [2.45, 2.75) is 6.92 Å². The zero-order valence-electron chi connectivity index (χ0n) is 6.02. The lowest BCUT2D eigenvalue weighted by atomic mass is 10.1. The summed E-state index contributed by atoms with van der Waals surface area (Å²) in [7, 11) is 3.52. The summed E-state index contributed by atoms with van der Waals surface area (Å²) in [6.07, 6.45) is 1.84. The maximum Gasteiger partial charge on any atom is 0.0724 e. The molecule has 0 unspecified atom stereocenters. The van der Waals surface area contributed by atoms with Crippen LogP contribution >= 0.6 is 0 Å². The monoisotopic (exact) mass is 145 g/mol. The van der Waals surface area contributed by atoms with Crippen molar-refractivity contribution >= 4 is 21.5 Å². The van der Waals surface area contributed by atoms with E-state index >= 15 is 0 Å². The van der Waals surface area contributed by atoms with E-state index in [-0.39, 0.29) is 0 Å². The molecule has 1 aromatic carbocycles. The third kappa shape index (κ3) is 1.19. The first-order chi connectivity index (χ1) is 4.75. The van der Waals surface area contributed by atoms with E-state index < -0.39 is 0 Å². The Morgan fingerprint density at radius 1 is 1.50 bits per heavy atom. The van der Waals surface area contributed by atoms with Gasteiger partial charge in [-0.15, -0.1) is 0 Å². The fourth-order valence-electron chi connectivity index (χ4n) is 0.861. The van der Waals surface area contributed by atoms with Gasteiger partial charge in [-0.05, 0) is 12.5 Å². The summed E-state index contributed by atoms with van der Waals surface area (Å²) in [5, 5.41) is 1.14. The summed E-state index contributed by atoms with van der Waals surface area (Å²) >= 11 is 0. The molecule has 0 bridgehead atoms. The predicted octanol–water partition coefficient (Wildman–Crippen LogP) is 1.43. The molecule has 0 fully saturated rings. The predicted molar refractivity (Wildman–Crippen MR) is 46.7 cm³/mol. The minimum atomic E-state index is 1.14. The Labute approximate surface area is 65.0 Å². The molecule has 0 aliphatic carbocycles. The molecular formula is C9H9Si. The van der Waals surface area contributed by atoms with Crippen molar-refractivity contribution in [2.24, 2.45) is 0 Å². The van der Waals surface area contributed by atoms with Gasteiger partial charge in [-0.2, -0.15) is 0 Å². The lowest BCUT2D eigenvalue weighted by Gasteiger charge is -2.01. The molecule has 0 spiro atoms. The van der Waals surface area contributed by atoms with Gasteiger partial charge in [0, 0.05) is 0 Å². The van der Waals surface area contributed by atoms with Gasteiger partial charge < -0.3 is 0 Å². The second-order valence-electron chi connectivity index (χ2n) is 2.24. The highest BCUT2D eigenvalue weighted by Crippen LogP contribution is 1.99. The topological polar surface area (TPSA) is 0 Å². The van der Waals surface area contributed by atoms with Crippen LogP contribution in [0.1, 0.15) is 11.1 Å². The molecule has 0 N–H and O–H groups in total. The van der Waals surface area contributed by atoms with Gasteiger partial charge in [-0.3, -0.25) is 0 Å². The van der Waals surface area contributed by atoms with Crippen molar-refractivity contribution in [1.82, 2.24) is 0 Å². The van der Waals surface area contributed by atoms with Crippen LogP contribution in [0.3, 0.4) is 0 Å². The smallest absolute Gasteiger partial charge is 0.0724 e. The molecule has 3 radical (unpaired) electrons. The molecule has 0 nitrogen and oxygen atoms in total. The first kappa shape index (κ1) is 7.29. The van der Waals surface area contributed by atoms with E-state index in [1.807, 2.05) is 18.2 Å².